The Bertz CT molecular complexity index is 514. The van der Waals surface area contributed by atoms with E-state index in [4.69, 9.17) is 11.6 Å². The average Bonchev–Trinajstić information content (AvgIpc) is 2.97. The maximum absolute atomic E-state index is 6.08. The Hall–Kier alpha value is -1.82. The fourth-order valence-corrected chi connectivity index (χ4v) is 1.85. The Morgan fingerprint density at radius 3 is 2.95 bits per heavy atom. The molecule has 2 aromatic heterocycles. The van der Waals surface area contributed by atoms with Gasteiger partial charge in [-0.3, -0.25) is 4.68 Å². The number of halogens is 1. The van der Waals surface area contributed by atoms with E-state index in [0.717, 1.165) is 32.5 Å². The van der Waals surface area contributed by atoms with Crippen molar-refractivity contribution in [2.75, 3.05) is 23.7 Å². The van der Waals surface area contributed by atoms with Crippen LogP contribution in [0.15, 0.2) is 24.7 Å². The van der Waals surface area contributed by atoms with Crippen molar-refractivity contribution in [2.45, 2.75) is 26.3 Å². The predicted octanol–water partition coefficient (Wildman–Crippen LogP) is 2.65. The Morgan fingerprint density at radius 1 is 1.30 bits per heavy atom. The van der Waals surface area contributed by atoms with E-state index in [-0.39, 0.29) is 0 Å². The molecule has 0 amide bonds. The van der Waals surface area contributed by atoms with Crippen molar-refractivity contribution in [1.82, 2.24) is 19.7 Å². The van der Waals surface area contributed by atoms with Crippen LogP contribution in [0.5, 0.6) is 0 Å². The highest BCUT2D eigenvalue weighted by Crippen LogP contribution is 2.19. The summed E-state index contributed by atoms with van der Waals surface area (Å²) in [5, 5.41) is 11.1. The van der Waals surface area contributed by atoms with Gasteiger partial charge in [-0.1, -0.05) is 18.5 Å². The van der Waals surface area contributed by atoms with Gasteiger partial charge in [0, 0.05) is 32.0 Å². The minimum Gasteiger partial charge on any atom is -0.369 e. The summed E-state index contributed by atoms with van der Waals surface area (Å²) in [6.45, 7) is 4.59. The van der Waals surface area contributed by atoms with Crippen LogP contribution < -0.4 is 10.6 Å². The summed E-state index contributed by atoms with van der Waals surface area (Å²) in [4.78, 5) is 8.49. The first-order valence-corrected chi connectivity index (χ1v) is 7.15. The van der Waals surface area contributed by atoms with Gasteiger partial charge < -0.3 is 10.6 Å². The number of hydrogen-bond donors (Lipinski definition) is 2. The second kappa shape index (κ2) is 7.69. The lowest BCUT2D eigenvalue weighted by Gasteiger charge is -2.09. The molecule has 0 spiro atoms. The molecule has 2 rings (SSSR count). The van der Waals surface area contributed by atoms with Crippen molar-refractivity contribution in [2.24, 2.45) is 0 Å². The maximum atomic E-state index is 6.08. The summed E-state index contributed by atoms with van der Waals surface area (Å²) in [5.41, 5.74) is 0. The van der Waals surface area contributed by atoms with E-state index in [2.05, 4.69) is 32.6 Å². The SMILES string of the molecule is CCCNc1ncc(Cl)c(NCCCn2cccn2)n1. The van der Waals surface area contributed by atoms with Gasteiger partial charge in [-0.15, -0.1) is 0 Å². The molecule has 2 aromatic rings. The molecular weight excluding hydrogens is 276 g/mol. The van der Waals surface area contributed by atoms with Crippen LogP contribution in [0.2, 0.25) is 5.02 Å². The number of nitrogens with one attached hydrogen (secondary N) is 2. The largest absolute Gasteiger partial charge is 0.369 e. The summed E-state index contributed by atoms with van der Waals surface area (Å²) in [5.74, 6) is 1.27. The van der Waals surface area contributed by atoms with Crippen LogP contribution in [0.3, 0.4) is 0 Å². The molecule has 0 unspecified atom stereocenters. The van der Waals surface area contributed by atoms with Gasteiger partial charge in [0.05, 0.1) is 6.20 Å². The lowest BCUT2D eigenvalue weighted by atomic mass is 10.4. The fourth-order valence-electron chi connectivity index (χ4n) is 1.69. The fraction of sp³-hybridized carbons (Fsp3) is 0.462. The van der Waals surface area contributed by atoms with Gasteiger partial charge >= 0.3 is 0 Å². The number of anilines is 2. The zero-order valence-electron chi connectivity index (χ0n) is 11.5. The van der Waals surface area contributed by atoms with Gasteiger partial charge in [-0.25, -0.2) is 4.98 Å². The van der Waals surface area contributed by atoms with Crippen molar-refractivity contribution in [3.05, 3.63) is 29.7 Å². The molecule has 0 bridgehead atoms. The van der Waals surface area contributed by atoms with E-state index in [1.807, 2.05) is 16.9 Å². The molecule has 7 heteroatoms. The van der Waals surface area contributed by atoms with Crippen LogP contribution in [0.4, 0.5) is 11.8 Å². The van der Waals surface area contributed by atoms with Crippen molar-refractivity contribution < 1.29 is 0 Å². The van der Waals surface area contributed by atoms with Crippen molar-refractivity contribution in [3.63, 3.8) is 0 Å². The van der Waals surface area contributed by atoms with Crippen LogP contribution >= 0.6 is 11.6 Å². The Kier molecular flexibility index (Phi) is 5.61. The smallest absolute Gasteiger partial charge is 0.224 e. The second-order valence-corrected chi connectivity index (χ2v) is 4.77. The highest BCUT2D eigenvalue weighted by atomic mass is 35.5. The molecule has 0 aliphatic heterocycles. The lowest BCUT2D eigenvalue weighted by Crippen LogP contribution is -2.10. The van der Waals surface area contributed by atoms with Gasteiger partial charge in [0.15, 0.2) is 0 Å². The quantitative estimate of drug-likeness (QED) is 0.733. The zero-order chi connectivity index (χ0) is 14.2. The minimum absolute atomic E-state index is 0.533. The van der Waals surface area contributed by atoms with Crippen LogP contribution in [0, 0.1) is 0 Å². The summed E-state index contributed by atoms with van der Waals surface area (Å²) in [6, 6.07) is 1.92. The van der Waals surface area contributed by atoms with Crippen molar-refractivity contribution in [3.8, 4) is 0 Å². The van der Waals surface area contributed by atoms with E-state index >= 15 is 0 Å². The van der Waals surface area contributed by atoms with Gasteiger partial charge in [-0.05, 0) is 18.9 Å². The highest BCUT2D eigenvalue weighted by molar-refractivity contribution is 6.32. The molecule has 0 aliphatic carbocycles. The van der Waals surface area contributed by atoms with Crippen molar-refractivity contribution >= 4 is 23.4 Å². The van der Waals surface area contributed by atoms with Crippen LogP contribution in [-0.4, -0.2) is 32.8 Å². The Labute approximate surface area is 123 Å². The van der Waals surface area contributed by atoms with Gasteiger partial charge in [0.2, 0.25) is 5.95 Å². The standard InChI is InChI=1S/C13H19ClN6/c1-2-5-16-13-17-10-11(14)12(19-13)15-6-3-8-20-9-4-7-18-20/h4,7,9-10H,2-3,5-6,8H2,1H3,(H2,15,16,17,19). The first-order chi connectivity index (χ1) is 9.79. The summed E-state index contributed by atoms with van der Waals surface area (Å²) < 4.78 is 1.90. The molecule has 0 fully saturated rings. The Balaban J connectivity index is 1.81. The van der Waals surface area contributed by atoms with Gasteiger partial charge in [-0.2, -0.15) is 10.1 Å². The van der Waals surface area contributed by atoms with Crippen LogP contribution in [0.25, 0.3) is 0 Å². The zero-order valence-corrected chi connectivity index (χ0v) is 12.3. The van der Waals surface area contributed by atoms with E-state index < -0.39 is 0 Å². The normalized spacial score (nSPS) is 10.5. The van der Waals surface area contributed by atoms with E-state index in [1.54, 1.807) is 12.4 Å². The molecule has 0 aliphatic rings. The Morgan fingerprint density at radius 2 is 2.20 bits per heavy atom. The lowest BCUT2D eigenvalue weighted by molar-refractivity contribution is 0.591. The topological polar surface area (TPSA) is 67.7 Å². The molecule has 0 atom stereocenters. The monoisotopic (exact) mass is 294 g/mol. The third kappa shape index (κ3) is 4.38. The first kappa shape index (κ1) is 14.6. The highest BCUT2D eigenvalue weighted by Gasteiger charge is 2.04. The molecular formula is C13H19ClN6. The second-order valence-electron chi connectivity index (χ2n) is 4.37. The van der Waals surface area contributed by atoms with Crippen molar-refractivity contribution in [1.29, 1.82) is 0 Å². The molecule has 0 radical (unpaired) electrons. The molecule has 6 nitrogen and oxygen atoms in total. The third-order valence-corrected chi connectivity index (χ3v) is 2.97. The molecule has 108 valence electrons. The van der Waals surface area contributed by atoms with Gasteiger partial charge in [0.25, 0.3) is 0 Å². The maximum Gasteiger partial charge on any atom is 0.224 e. The van der Waals surface area contributed by atoms with E-state index in [0.29, 0.717) is 16.8 Å². The first-order valence-electron chi connectivity index (χ1n) is 6.77. The van der Waals surface area contributed by atoms with E-state index in [1.165, 1.54) is 0 Å². The molecule has 20 heavy (non-hydrogen) atoms. The number of hydrogen-bond acceptors (Lipinski definition) is 5. The third-order valence-electron chi connectivity index (χ3n) is 2.69. The minimum atomic E-state index is 0.533. The van der Waals surface area contributed by atoms with Crippen LogP contribution in [-0.2, 0) is 6.54 Å². The number of nitrogens with zero attached hydrogens (tertiary/aromatic N) is 4. The van der Waals surface area contributed by atoms with Crippen LogP contribution in [0.1, 0.15) is 19.8 Å². The molecule has 0 aromatic carbocycles. The summed E-state index contributed by atoms with van der Waals surface area (Å²) >= 11 is 6.08. The number of aryl methyl sites for hydroxylation is 1. The van der Waals surface area contributed by atoms with Gasteiger partial charge in [0.1, 0.15) is 10.8 Å². The average molecular weight is 295 g/mol. The molecule has 2 N–H and O–H groups in total. The number of rotatable bonds is 8. The van der Waals surface area contributed by atoms with E-state index in [9.17, 15) is 0 Å². The molecule has 0 saturated carbocycles. The molecule has 0 saturated heterocycles. The summed E-state index contributed by atoms with van der Waals surface area (Å²) in [6.07, 6.45) is 7.31. The summed E-state index contributed by atoms with van der Waals surface area (Å²) in [7, 11) is 0. The molecule has 2 heterocycles. The number of aromatic nitrogens is 4. The predicted molar refractivity (Wildman–Crippen MR) is 81.2 cm³/mol.